The molecule has 0 saturated carbocycles. The molecule has 3 aromatic rings. The zero-order valence-corrected chi connectivity index (χ0v) is 15.4. The molecule has 1 aromatic carbocycles. The van der Waals surface area contributed by atoms with E-state index in [4.69, 9.17) is 0 Å². The Bertz CT molecular complexity index is 1070. The summed E-state index contributed by atoms with van der Waals surface area (Å²) in [5.74, 6) is 0.174. The van der Waals surface area contributed by atoms with Crippen LogP contribution in [0.3, 0.4) is 0 Å². The number of nitrogens with one attached hydrogen (secondary N) is 1. The molecule has 0 radical (unpaired) electrons. The van der Waals surface area contributed by atoms with E-state index in [0.717, 1.165) is 59.7 Å². The fourth-order valence-corrected chi connectivity index (χ4v) is 3.99. The average Bonchev–Trinajstić information content (AvgIpc) is 3.10. The molecule has 2 aliphatic rings. The minimum atomic E-state index is 0.174. The second-order valence-electron chi connectivity index (χ2n) is 7.35. The van der Waals surface area contributed by atoms with Crippen LogP contribution in [0.25, 0.3) is 17.2 Å². The maximum atomic E-state index is 12.9. The Morgan fingerprint density at radius 1 is 1.07 bits per heavy atom. The fraction of sp³-hybridized carbons (Fsp3) is 0.273. The summed E-state index contributed by atoms with van der Waals surface area (Å²) in [4.78, 5) is 15.3. The van der Waals surface area contributed by atoms with Gasteiger partial charge in [-0.2, -0.15) is 5.10 Å². The lowest BCUT2D eigenvalue weighted by Crippen LogP contribution is -2.43. The van der Waals surface area contributed by atoms with E-state index in [-0.39, 0.29) is 5.78 Å². The van der Waals surface area contributed by atoms with Crippen molar-refractivity contribution in [2.45, 2.75) is 13.3 Å². The summed E-state index contributed by atoms with van der Waals surface area (Å²) in [6, 6.07) is 12.6. The van der Waals surface area contributed by atoms with Gasteiger partial charge in [0.15, 0.2) is 5.78 Å². The van der Waals surface area contributed by atoms with Gasteiger partial charge in [0.05, 0.1) is 11.2 Å². The molecule has 1 N–H and O–H groups in total. The van der Waals surface area contributed by atoms with E-state index in [1.54, 1.807) is 0 Å². The number of benzene rings is 1. The molecule has 5 heteroatoms. The Hall–Kier alpha value is -2.92. The maximum absolute atomic E-state index is 12.9. The van der Waals surface area contributed by atoms with E-state index in [1.807, 2.05) is 41.9 Å². The standard InChI is InChI=1S/C22H22N4O/c1-15-2-4-20-11-18(14-26(20)24-15)21-12-16-3-5-19(10-17(16)13-22(21)27)25-8-6-23-7-9-25/h2-5,10-12,14,23H,6-9,13H2,1H3. The highest BCUT2D eigenvalue weighted by Crippen LogP contribution is 2.31. The average molecular weight is 358 g/mol. The van der Waals surface area contributed by atoms with Crippen LogP contribution in [0.15, 0.2) is 42.6 Å². The summed E-state index contributed by atoms with van der Waals surface area (Å²) in [7, 11) is 0. The van der Waals surface area contributed by atoms with Crippen molar-refractivity contribution in [3.63, 3.8) is 0 Å². The number of carbonyl (C=O) groups is 1. The predicted octanol–water partition coefficient (Wildman–Crippen LogP) is 2.72. The molecule has 1 fully saturated rings. The molecular weight excluding hydrogens is 336 g/mol. The van der Waals surface area contributed by atoms with Crippen molar-refractivity contribution in [1.29, 1.82) is 0 Å². The van der Waals surface area contributed by atoms with Gasteiger partial charge in [0.2, 0.25) is 0 Å². The van der Waals surface area contributed by atoms with E-state index < -0.39 is 0 Å². The van der Waals surface area contributed by atoms with Crippen LogP contribution in [0.5, 0.6) is 0 Å². The van der Waals surface area contributed by atoms with Gasteiger partial charge in [0.25, 0.3) is 0 Å². The van der Waals surface area contributed by atoms with Crippen LogP contribution in [-0.2, 0) is 11.2 Å². The van der Waals surface area contributed by atoms with Gasteiger partial charge in [-0.25, -0.2) is 4.52 Å². The number of piperazine rings is 1. The number of hydrogen-bond acceptors (Lipinski definition) is 4. The minimum Gasteiger partial charge on any atom is -0.369 e. The summed E-state index contributed by atoms with van der Waals surface area (Å²) in [5.41, 5.74) is 7.16. The van der Waals surface area contributed by atoms with E-state index in [9.17, 15) is 4.79 Å². The zero-order valence-electron chi connectivity index (χ0n) is 15.4. The van der Waals surface area contributed by atoms with Crippen LogP contribution in [0.2, 0.25) is 0 Å². The Morgan fingerprint density at radius 2 is 1.93 bits per heavy atom. The van der Waals surface area contributed by atoms with Crippen molar-refractivity contribution in [3.05, 3.63) is 65.0 Å². The third-order valence-corrected chi connectivity index (χ3v) is 5.46. The molecule has 1 aliphatic heterocycles. The van der Waals surface area contributed by atoms with E-state index >= 15 is 0 Å². The molecule has 5 rings (SSSR count). The summed E-state index contributed by atoms with van der Waals surface area (Å²) in [5, 5.41) is 7.87. The molecule has 0 bridgehead atoms. The third kappa shape index (κ3) is 2.94. The number of carbonyl (C=O) groups excluding carboxylic acids is 1. The second kappa shape index (κ2) is 6.35. The lowest BCUT2D eigenvalue weighted by atomic mass is 9.88. The number of anilines is 1. The highest BCUT2D eigenvalue weighted by Gasteiger charge is 2.22. The zero-order chi connectivity index (χ0) is 18.4. The normalized spacial score (nSPS) is 17.1. The van der Waals surface area contributed by atoms with Crippen LogP contribution < -0.4 is 10.2 Å². The second-order valence-corrected chi connectivity index (χ2v) is 7.35. The Balaban J connectivity index is 1.51. The van der Waals surface area contributed by atoms with Crippen LogP contribution in [0.1, 0.15) is 22.4 Å². The van der Waals surface area contributed by atoms with Crippen molar-refractivity contribution in [3.8, 4) is 0 Å². The summed E-state index contributed by atoms with van der Waals surface area (Å²) in [6.45, 7) is 6.01. The Kier molecular flexibility index (Phi) is 3.83. The number of nitrogens with zero attached hydrogens (tertiary/aromatic N) is 3. The molecule has 5 nitrogen and oxygen atoms in total. The molecule has 3 heterocycles. The van der Waals surface area contributed by atoms with Crippen LogP contribution >= 0.6 is 0 Å². The number of hydrogen-bond donors (Lipinski definition) is 1. The quantitative estimate of drug-likeness (QED) is 0.765. The Labute approximate surface area is 158 Å². The van der Waals surface area contributed by atoms with Crippen LogP contribution in [-0.4, -0.2) is 41.6 Å². The van der Waals surface area contributed by atoms with E-state index in [0.29, 0.717) is 6.42 Å². The molecule has 136 valence electrons. The first-order chi connectivity index (χ1) is 13.2. The number of rotatable bonds is 2. The number of allylic oxidation sites excluding steroid dienone is 1. The minimum absolute atomic E-state index is 0.174. The number of aryl methyl sites for hydroxylation is 1. The number of ketones is 1. The highest BCUT2D eigenvalue weighted by molar-refractivity contribution is 6.27. The van der Waals surface area contributed by atoms with Crippen LogP contribution in [0.4, 0.5) is 5.69 Å². The molecule has 0 amide bonds. The van der Waals surface area contributed by atoms with E-state index in [2.05, 4.69) is 33.5 Å². The molecule has 0 unspecified atom stereocenters. The first-order valence-electron chi connectivity index (χ1n) is 9.47. The topological polar surface area (TPSA) is 49.6 Å². The fourth-order valence-electron chi connectivity index (χ4n) is 3.99. The van der Waals surface area contributed by atoms with Gasteiger partial charge < -0.3 is 10.2 Å². The summed E-state index contributed by atoms with van der Waals surface area (Å²) in [6.07, 6.45) is 4.44. The first-order valence-corrected chi connectivity index (χ1v) is 9.47. The largest absolute Gasteiger partial charge is 0.369 e. The van der Waals surface area contributed by atoms with Crippen molar-refractivity contribution in [1.82, 2.24) is 14.9 Å². The van der Waals surface area contributed by atoms with Crippen molar-refractivity contribution in [2.75, 3.05) is 31.1 Å². The lowest BCUT2D eigenvalue weighted by molar-refractivity contribution is -0.113. The SMILES string of the molecule is Cc1ccc2cc(C3=Cc4ccc(N5CCNCC5)cc4CC3=O)cn2n1. The number of aromatic nitrogens is 2. The van der Waals surface area contributed by atoms with Crippen molar-refractivity contribution in [2.24, 2.45) is 0 Å². The molecule has 0 spiro atoms. The number of fused-ring (bicyclic) bond motifs is 2. The monoisotopic (exact) mass is 358 g/mol. The van der Waals surface area contributed by atoms with Gasteiger partial charge in [-0.1, -0.05) is 6.07 Å². The molecule has 1 aliphatic carbocycles. The van der Waals surface area contributed by atoms with Crippen LogP contribution in [0, 0.1) is 6.92 Å². The molecule has 2 aromatic heterocycles. The summed E-state index contributed by atoms with van der Waals surface area (Å²) >= 11 is 0. The van der Waals surface area contributed by atoms with Gasteiger partial charge in [0.1, 0.15) is 0 Å². The van der Waals surface area contributed by atoms with E-state index in [1.165, 1.54) is 5.69 Å². The van der Waals surface area contributed by atoms with Gasteiger partial charge in [-0.05, 0) is 54.5 Å². The van der Waals surface area contributed by atoms with Gasteiger partial charge in [-0.15, -0.1) is 0 Å². The Morgan fingerprint density at radius 3 is 2.78 bits per heavy atom. The van der Waals surface area contributed by atoms with Crippen molar-refractivity contribution < 1.29 is 4.79 Å². The highest BCUT2D eigenvalue weighted by atomic mass is 16.1. The smallest absolute Gasteiger partial charge is 0.167 e. The van der Waals surface area contributed by atoms with Gasteiger partial charge in [-0.3, -0.25) is 4.79 Å². The molecule has 1 saturated heterocycles. The van der Waals surface area contributed by atoms with Crippen molar-refractivity contribution >= 4 is 28.6 Å². The summed E-state index contributed by atoms with van der Waals surface area (Å²) < 4.78 is 1.85. The van der Waals surface area contributed by atoms with Gasteiger partial charge in [0, 0.05) is 55.6 Å². The predicted molar refractivity (Wildman–Crippen MR) is 108 cm³/mol. The maximum Gasteiger partial charge on any atom is 0.167 e. The number of Topliss-reactive ketones (excluding diaryl/α,β-unsaturated/α-hetero) is 1. The van der Waals surface area contributed by atoms with Gasteiger partial charge >= 0.3 is 0 Å². The first kappa shape index (κ1) is 16.3. The molecule has 27 heavy (non-hydrogen) atoms. The molecule has 0 atom stereocenters. The molecular formula is C22H22N4O. The lowest BCUT2D eigenvalue weighted by Gasteiger charge is -2.30. The third-order valence-electron chi connectivity index (χ3n) is 5.46.